The van der Waals surface area contributed by atoms with E-state index >= 15 is 8.78 Å². The molecule has 270 valence electrons. The minimum Gasteiger partial charge on any atom is -0.359 e. The first-order valence-electron chi connectivity index (χ1n) is 17.4. The van der Waals surface area contributed by atoms with E-state index in [0.717, 1.165) is 37.1 Å². The van der Waals surface area contributed by atoms with E-state index in [1.165, 1.54) is 63.3 Å². The first-order valence-corrected chi connectivity index (χ1v) is 17.4. The van der Waals surface area contributed by atoms with Gasteiger partial charge in [0.2, 0.25) is 5.91 Å². The van der Waals surface area contributed by atoms with Gasteiger partial charge in [0, 0.05) is 37.0 Å². The van der Waals surface area contributed by atoms with Crippen molar-refractivity contribution in [3.63, 3.8) is 0 Å². The summed E-state index contributed by atoms with van der Waals surface area (Å²) in [6, 6.07) is 3.54. The Labute approximate surface area is 293 Å². The molecule has 1 aromatic heterocycles. The number of aromatic nitrogens is 2. The molecular weight excluding hydrogens is 648 g/mol. The number of hydrogen-bond acceptors (Lipinski definition) is 4. The molecule has 0 spiro atoms. The molecule has 3 aromatic rings. The zero-order chi connectivity index (χ0) is 36.5. The van der Waals surface area contributed by atoms with Crippen LogP contribution in [0, 0.1) is 40.5 Å². The average Bonchev–Trinajstić information content (AvgIpc) is 3.52. The molecule has 1 aliphatic heterocycles. The molecule has 1 saturated heterocycles. The second-order valence-electron chi connectivity index (χ2n) is 14.5. The van der Waals surface area contributed by atoms with Crippen LogP contribution in [0.1, 0.15) is 115 Å². The molecule has 0 saturated carbocycles. The molecule has 3 amide bonds. The number of benzene rings is 2. The van der Waals surface area contributed by atoms with Crippen LogP contribution in [0.4, 0.5) is 28.0 Å². The van der Waals surface area contributed by atoms with Crippen LogP contribution in [-0.4, -0.2) is 40.3 Å². The summed E-state index contributed by atoms with van der Waals surface area (Å²) in [5.74, 6) is -0.0643. The summed E-state index contributed by atoms with van der Waals surface area (Å²) in [4.78, 5) is 28.5. The second-order valence-corrected chi connectivity index (χ2v) is 14.5. The van der Waals surface area contributed by atoms with Crippen molar-refractivity contribution in [3.05, 3.63) is 82.7 Å². The fourth-order valence-corrected chi connectivity index (χ4v) is 6.02. The van der Waals surface area contributed by atoms with E-state index in [2.05, 4.69) is 37.7 Å². The molecule has 7 nitrogen and oxygen atoms in total. The lowest BCUT2D eigenvalue weighted by molar-refractivity contribution is -0.122. The monoisotopic (exact) mass is 696 g/mol. The van der Waals surface area contributed by atoms with Gasteiger partial charge in [-0.15, -0.1) is 0 Å². The Bertz CT molecular complexity index is 1680. The molecule has 1 fully saturated rings. The average molecular weight is 697 g/mol. The SMILES string of the molecule is CN1C(=O)N(c2c(F)cc(C#Cc3ccc(F)cc3F)cc2F)C(=O)C[C@@]1(C)c1cnn(COCCCCCCCCCCCC(C)(C)C)c1. The molecule has 0 bridgehead atoms. The van der Waals surface area contributed by atoms with Crippen molar-refractivity contribution in [2.45, 2.75) is 111 Å². The third-order valence-corrected chi connectivity index (χ3v) is 9.17. The molecule has 1 atom stereocenters. The standard InChI is InChI=1S/C39H48F4N4O3/c1-38(2,3)19-13-11-9-7-6-8-10-12-14-20-50-27-46-26-30(25-44-46)39(4)24-35(48)47(37(49)45(39)5)36-33(42)21-28(22-34(36)43)15-16-29-17-18-31(40)23-32(29)41/h17-18,21-23,25-26H,6-14,19-20,24,27H2,1-5H3/t39-/m0/s1. The molecule has 1 aliphatic rings. The molecule has 50 heavy (non-hydrogen) atoms. The highest BCUT2D eigenvalue weighted by molar-refractivity contribution is 6.16. The third kappa shape index (κ3) is 10.2. The van der Waals surface area contributed by atoms with Gasteiger partial charge in [0.15, 0.2) is 11.6 Å². The molecule has 2 heterocycles. The predicted octanol–water partition coefficient (Wildman–Crippen LogP) is 9.46. The van der Waals surface area contributed by atoms with Crippen LogP contribution in [0.2, 0.25) is 0 Å². The Hall–Kier alpha value is -4.17. The zero-order valence-electron chi connectivity index (χ0n) is 29.8. The number of carbonyl (C=O) groups excluding carboxylic acids is 2. The molecule has 0 unspecified atom stereocenters. The fourth-order valence-electron chi connectivity index (χ4n) is 6.02. The molecule has 2 aromatic carbocycles. The highest BCUT2D eigenvalue weighted by atomic mass is 19.1. The van der Waals surface area contributed by atoms with Gasteiger partial charge in [-0.2, -0.15) is 5.10 Å². The lowest BCUT2D eigenvalue weighted by Gasteiger charge is -2.45. The normalized spacial score (nSPS) is 16.6. The quantitative estimate of drug-likeness (QED) is 0.0902. The van der Waals surface area contributed by atoms with Crippen LogP contribution in [0.25, 0.3) is 0 Å². The summed E-state index contributed by atoms with van der Waals surface area (Å²) in [5.41, 5.74) is -1.29. The molecule has 0 aliphatic carbocycles. The summed E-state index contributed by atoms with van der Waals surface area (Å²) in [6.07, 6.45) is 15.3. The summed E-state index contributed by atoms with van der Waals surface area (Å²) >= 11 is 0. The van der Waals surface area contributed by atoms with Gasteiger partial charge in [-0.1, -0.05) is 84.0 Å². The van der Waals surface area contributed by atoms with Crippen molar-refractivity contribution in [3.8, 4) is 11.8 Å². The maximum absolute atomic E-state index is 15.3. The molecule has 11 heteroatoms. The van der Waals surface area contributed by atoms with Crippen LogP contribution >= 0.6 is 0 Å². The highest BCUT2D eigenvalue weighted by Crippen LogP contribution is 2.39. The number of amides is 3. The van der Waals surface area contributed by atoms with Crippen LogP contribution < -0.4 is 4.90 Å². The Balaban J connectivity index is 1.26. The van der Waals surface area contributed by atoms with Crippen molar-refractivity contribution < 1.29 is 31.9 Å². The number of urea groups is 1. The maximum atomic E-state index is 15.3. The van der Waals surface area contributed by atoms with E-state index in [1.807, 2.05) is 0 Å². The maximum Gasteiger partial charge on any atom is 0.332 e. The smallest absolute Gasteiger partial charge is 0.332 e. The number of ether oxygens (including phenoxy) is 1. The van der Waals surface area contributed by atoms with Crippen LogP contribution in [-0.2, 0) is 21.8 Å². The first kappa shape index (κ1) is 38.6. The lowest BCUT2D eigenvalue weighted by Crippen LogP contribution is -2.60. The van der Waals surface area contributed by atoms with Crippen LogP contribution in [0.5, 0.6) is 0 Å². The summed E-state index contributed by atoms with van der Waals surface area (Å²) < 4.78 is 65.0. The molecular formula is C39H48F4N4O3. The van der Waals surface area contributed by atoms with Crippen molar-refractivity contribution in [1.29, 1.82) is 0 Å². The predicted molar refractivity (Wildman–Crippen MR) is 185 cm³/mol. The summed E-state index contributed by atoms with van der Waals surface area (Å²) in [6.45, 7) is 9.38. The minimum atomic E-state index is -1.19. The Morgan fingerprint density at radius 1 is 0.860 bits per heavy atom. The van der Waals surface area contributed by atoms with Crippen molar-refractivity contribution in [2.75, 3.05) is 18.6 Å². The van der Waals surface area contributed by atoms with Crippen LogP contribution in [0.3, 0.4) is 0 Å². The molecule has 0 N–H and O–H groups in total. The van der Waals surface area contributed by atoms with E-state index in [-0.39, 0.29) is 24.3 Å². The number of rotatable bonds is 15. The van der Waals surface area contributed by atoms with Crippen molar-refractivity contribution >= 4 is 17.6 Å². The van der Waals surface area contributed by atoms with Gasteiger partial charge in [-0.3, -0.25) is 4.79 Å². The van der Waals surface area contributed by atoms with E-state index < -0.39 is 46.4 Å². The van der Waals surface area contributed by atoms with Gasteiger partial charge in [-0.05, 0) is 49.4 Å². The van der Waals surface area contributed by atoms with E-state index in [9.17, 15) is 18.4 Å². The number of imide groups is 1. The summed E-state index contributed by atoms with van der Waals surface area (Å²) in [7, 11) is 1.45. The minimum absolute atomic E-state index is 0.162. The Kier molecular flexibility index (Phi) is 13.3. The topological polar surface area (TPSA) is 67.7 Å². The largest absolute Gasteiger partial charge is 0.359 e. The van der Waals surface area contributed by atoms with Gasteiger partial charge < -0.3 is 9.64 Å². The number of nitrogens with zero attached hydrogens (tertiary/aromatic N) is 4. The third-order valence-electron chi connectivity index (χ3n) is 9.17. The second kappa shape index (κ2) is 17.2. The lowest BCUT2D eigenvalue weighted by atomic mass is 9.87. The van der Waals surface area contributed by atoms with E-state index in [0.29, 0.717) is 28.6 Å². The van der Waals surface area contributed by atoms with Gasteiger partial charge in [0.25, 0.3) is 0 Å². The zero-order valence-corrected chi connectivity index (χ0v) is 29.8. The number of halogens is 4. The summed E-state index contributed by atoms with van der Waals surface area (Å²) in [5, 5.41) is 4.34. The van der Waals surface area contributed by atoms with Crippen molar-refractivity contribution in [2.24, 2.45) is 5.41 Å². The fraction of sp³-hybridized carbons (Fsp3) is 0.513. The number of hydrogen-bond donors (Lipinski definition) is 0. The number of carbonyl (C=O) groups is 2. The van der Waals surface area contributed by atoms with Crippen molar-refractivity contribution in [1.82, 2.24) is 14.7 Å². The number of unbranched alkanes of at least 4 members (excludes halogenated alkanes) is 8. The van der Waals surface area contributed by atoms with Gasteiger partial charge in [-0.25, -0.2) is 31.9 Å². The van der Waals surface area contributed by atoms with E-state index in [4.69, 9.17) is 4.74 Å². The first-order chi connectivity index (χ1) is 23.7. The van der Waals surface area contributed by atoms with E-state index in [1.54, 1.807) is 24.0 Å². The molecule has 4 rings (SSSR count). The Morgan fingerprint density at radius 2 is 1.48 bits per heavy atom. The number of anilines is 1. The van der Waals surface area contributed by atoms with Gasteiger partial charge in [0.05, 0.1) is 23.7 Å². The van der Waals surface area contributed by atoms with Crippen LogP contribution in [0.15, 0.2) is 42.7 Å². The molecule has 0 radical (unpaired) electrons. The highest BCUT2D eigenvalue weighted by Gasteiger charge is 2.48. The Morgan fingerprint density at radius 3 is 2.10 bits per heavy atom. The van der Waals surface area contributed by atoms with Gasteiger partial charge in [0.1, 0.15) is 24.1 Å². The van der Waals surface area contributed by atoms with Gasteiger partial charge >= 0.3 is 6.03 Å².